The smallest absolute Gasteiger partial charge is 0.136 e. The van der Waals surface area contributed by atoms with Crippen LogP contribution in [0.5, 0.6) is 0 Å². The van der Waals surface area contributed by atoms with Gasteiger partial charge < -0.3 is 15.2 Å². The maximum absolute atomic E-state index is 10.7. The lowest BCUT2D eigenvalue weighted by Gasteiger charge is -2.24. The van der Waals surface area contributed by atoms with E-state index in [2.05, 4.69) is 0 Å². The molecule has 2 atom stereocenters. The van der Waals surface area contributed by atoms with Crippen molar-refractivity contribution in [1.82, 2.24) is 0 Å². The van der Waals surface area contributed by atoms with Crippen molar-refractivity contribution in [2.75, 3.05) is 5.75 Å². The van der Waals surface area contributed by atoms with E-state index in [1.807, 2.05) is 17.1 Å². The first kappa shape index (κ1) is 10.3. The van der Waals surface area contributed by atoms with E-state index in [9.17, 15) is 9.90 Å². The van der Waals surface area contributed by atoms with Crippen LogP contribution in [0.25, 0.3) is 0 Å². The second kappa shape index (κ2) is 4.53. The van der Waals surface area contributed by atoms with Crippen molar-refractivity contribution in [1.29, 1.82) is 0 Å². The Bertz CT molecular complexity index is 216. The van der Waals surface area contributed by atoms with Crippen LogP contribution in [-0.2, 0) is 4.79 Å². The summed E-state index contributed by atoms with van der Waals surface area (Å²) in [4.78, 5) is 10.7. The van der Waals surface area contributed by atoms with Crippen LogP contribution in [0.4, 0.5) is 0 Å². The Morgan fingerprint density at radius 3 is 2.57 bits per heavy atom. The summed E-state index contributed by atoms with van der Waals surface area (Å²) >= 11 is 1.81. The lowest BCUT2D eigenvalue weighted by Crippen LogP contribution is -2.95. The van der Waals surface area contributed by atoms with Gasteiger partial charge in [0, 0.05) is 5.92 Å². The molecule has 2 aliphatic rings. The van der Waals surface area contributed by atoms with Crippen LogP contribution in [0.1, 0.15) is 32.1 Å². The minimum Gasteiger partial charge on any atom is -0.544 e. The molecule has 1 aliphatic heterocycles. The predicted octanol–water partition coefficient (Wildman–Crippen LogP) is -0.678. The van der Waals surface area contributed by atoms with Gasteiger partial charge in [0.25, 0.3) is 0 Å². The molecule has 2 N–H and O–H groups in total. The summed E-state index contributed by atoms with van der Waals surface area (Å²) in [5, 5.41) is 13.2. The molecule has 0 aromatic heterocycles. The largest absolute Gasteiger partial charge is 0.544 e. The number of carboxylic acids is 1. The maximum atomic E-state index is 10.7. The quantitative estimate of drug-likeness (QED) is 0.664. The van der Waals surface area contributed by atoms with Gasteiger partial charge in [-0.1, -0.05) is 31.0 Å². The van der Waals surface area contributed by atoms with Gasteiger partial charge in [0.2, 0.25) is 0 Å². The lowest BCUT2D eigenvalue weighted by molar-refractivity contribution is -0.690. The fourth-order valence-electron chi connectivity index (χ4n) is 2.46. The van der Waals surface area contributed by atoms with Crippen LogP contribution < -0.4 is 10.4 Å². The van der Waals surface area contributed by atoms with Gasteiger partial charge in [-0.2, -0.15) is 0 Å². The van der Waals surface area contributed by atoms with Crippen LogP contribution in [0.3, 0.4) is 0 Å². The van der Waals surface area contributed by atoms with Crippen molar-refractivity contribution in [2.45, 2.75) is 43.5 Å². The Morgan fingerprint density at radius 2 is 2.00 bits per heavy atom. The molecule has 4 heteroatoms. The number of carboxylic acid groups (broad SMARTS) is 1. The number of carbonyl (C=O) groups excluding carboxylic acids is 1. The number of aliphatic carboxylic acids is 1. The van der Waals surface area contributed by atoms with Crippen LogP contribution in [0, 0.1) is 5.92 Å². The van der Waals surface area contributed by atoms with E-state index in [0.717, 1.165) is 11.7 Å². The molecule has 3 nitrogen and oxygen atoms in total. The molecule has 2 fully saturated rings. The number of hydrogen-bond donors (Lipinski definition) is 1. The van der Waals surface area contributed by atoms with Crippen LogP contribution in [0.2, 0.25) is 0 Å². The van der Waals surface area contributed by atoms with E-state index in [1.165, 1.54) is 32.1 Å². The molecule has 0 unspecified atom stereocenters. The van der Waals surface area contributed by atoms with Gasteiger partial charge in [0.05, 0.1) is 5.75 Å². The molecular weight excluding hydrogens is 198 g/mol. The van der Waals surface area contributed by atoms with E-state index < -0.39 is 5.97 Å². The number of quaternary nitrogens is 1. The van der Waals surface area contributed by atoms with Crippen molar-refractivity contribution in [3.8, 4) is 0 Å². The summed E-state index contributed by atoms with van der Waals surface area (Å²) in [6, 6.07) is -0.299. The minimum absolute atomic E-state index is 0.299. The predicted molar refractivity (Wildman–Crippen MR) is 53.5 cm³/mol. The standard InChI is InChI=1S/C10H17NO2S/c12-10(13)8-6-14-9(11-8)7-4-2-1-3-5-7/h7-9,11H,1-6H2,(H,12,13)/t8-,9-/m1/s1. The topological polar surface area (TPSA) is 56.7 Å². The molecule has 1 aliphatic carbocycles. The highest BCUT2D eigenvalue weighted by atomic mass is 32.2. The zero-order chi connectivity index (χ0) is 9.97. The lowest BCUT2D eigenvalue weighted by atomic mass is 9.89. The highest BCUT2D eigenvalue weighted by Crippen LogP contribution is 2.31. The number of thioether (sulfide) groups is 1. The molecule has 0 bridgehead atoms. The first-order valence-electron chi connectivity index (χ1n) is 5.45. The molecule has 14 heavy (non-hydrogen) atoms. The fraction of sp³-hybridized carbons (Fsp3) is 0.900. The first-order valence-corrected chi connectivity index (χ1v) is 6.49. The molecule has 0 aromatic rings. The molecular formula is C10H17NO2S. The van der Waals surface area contributed by atoms with Crippen LogP contribution >= 0.6 is 11.8 Å². The van der Waals surface area contributed by atoms with Crippen molar-refractivity contribution < 1.29 is 15.2 Å². The van der Waals surface area contributed by atoms with Gasteiger partial charge in [0.15, 0.2) is 0 Å². The van der Waals surface area contributed by atoms with Gasteiger partial charge in [0.1, 0.15) is 17.4 Å². The summed E-state index contributed by atoms with van der Waals surface area (Å²) in [5.41, 5.74) is 0. The van der Waals surface area contributed by atoms with Crippen LogP contribution in [0.15, 0.2) is 0 Å². The molecule has 2 rings (SSSR count). The minimum atomic E-state index is -0.893. The molecule has 0 radical (unpaired) electrons. The fourth-order valence-corrected chi connectivity index (χ4v) is 3.98. The third-order valence-corrected chi connectivity index (χ3v) is 4.79. The number of nitrogens with two attached hydrogens (primary N) is 1. The summed E-state index contributed by atoms with van der Waals surface area (Å²) in [5.74, 6) is 0.567. The number of rotatable bonds is 2. The molecule has 80 valence electrons. The molecule has 1 saturated carbocycles. The Labute approximate surface area is 88.6 Å². The number of hydrogen-bond acceptors (Lipinski definition) is 3. The van der Waals surface area contributed by atoms with Crippen molar-refractivity contribution in [3.63, 3.8) is 0 Å². The third-order valence-electron chi connectivity index (χ3n) is 3.31. The summed E-state index contributed by atoms with van der Waals surface area (Å²) in [6.07, 6.45) is 6.58. The molecule has 1 saturated heterocycles. The van der Waals surface area contributed by atoms with E-state index >= 15 is 0 Å². The van der Waals surface area contributed by atoms with E-state index in [1.54, 1.807) is 0 Å². The molecule has 0 amide bonds. The average molecular weight is 215 g/mol. The van der Waals surface area contributed by atoms with E-state index in [4.69, 9.17) is 0 Å². The normalized spacial score (nSPS) is 34.6. The zero-order valence-electron chi connectivity index (χ0n) is 8.28. The Kier molecular flexibility index (Phi) is 3.34. The monoisotopic (exact) mass is 215 g/mol. The SMILES string of the molecule is O=C([O-])[C@H]1CS[C@H](C2CCCCC2)[NH2+]1. The average Bonchev–Trinajstić information content (AvgIpc) is 2.68. The second-order valence-electron chi connectivity index (χ2n) is 4.31. The second-order valence-corrected chi connectivity index (χ2v) is 5.53. The van der Waals surface area contributed by atoms with Crippen molar-refractivity contribution in [3.05, 3.63) is 0 Å². The Hall–Kier alpha value is -0.220. The summed E-state index contributed by atoms with van der Waals surface area (Å²) < 4.78 is 0. The van der Waals surface area contributed by atoms with Crippen LogP contribution in [-0.4, -0.2) is 23.1 Å². The van der Waals surface area contributed by atoms with Gasteiger partial charge in [-0.15, -0.1) is 0 Å². The van der Waals surface area contributed by atoms with Gasteiger partial charge >= 0.3 is 0 Å². The third kappa shape index (κ3) is 2.23. The van der Waals surface area contributed by atoms with E-state index in [0.29, 0.717) is 5.37 Å². The highest BCUT2D eigenvalue weighted by molar-refractivity contribution is 7.99. The Morgan fingerprint density at radius 1 is 1.29 bits per heavy atom. The maximum Gasteiger partial charge on any atom is 0.136 e. The summed E-state index contributed by atoms with van der Waals surface area (Å²) in [7, 11) is 0. The van der Waals surface area contributed by atoms with Crippen molar-refractivity contribution in [2.24, 2.45) is 5.92 Å². The highest BCUT2D eigenvalue weighted by Gasteiger charge is 2.35. The van der Waals surface area contributed by atoms with Gasteiger partial charge in [-0.25, -0.2) is 0 Å². The van der Waals surface area contributed by atoms with Gasteiger partial charge in [-0.05, 0) is 12.8 Å². The van der Waals surface area contributed by atoms with Gasteiger partial charge in [-0.3, -0.25) is 0 Å². The Balaban J connectivity index is 1.85. The summed E-state index contributed by atoms with van der Waals surface area (Å²) in [6.45, 7) is 0. The van der Waals surface area contributed by atoms with Crippen molar-refractivity contribution >= 4 is 17.7 Å². The molecule has 1 heterocycles. The van der Waals surface area contributed by atoms with E-state index in [-0.39, 0.29) is 6.04 Å². The molecule has 0 aromatic carbocycles. The first-order chi connectivity index (χ1) is 6.77. The molecule has 0 spiro atoms. The zero-order valence-corrected chi connectivity index (χ0v) is 9.09. The number of carbonyl (C=O) groups is 1.